The Morgan fingerprint density at radius 2 is 1.66 bits per heavy atom. The monoisotopic (exact) mass is 389 g/mol. The third kappa shape index (κ3) is 5.45. The minimum atomic E-state index is -0.946. The summed E-state index contributed by atoms with van der Waals surface area (Å²) < 4.78 is 10.6. The molecule has 0 fully saturated rings. The molecule has 3 aromatic rings. The molecule has 0 saturated carbocycles. The summed E-state index contributed by atoms with van der Waals surface area (Å²) >= 11 is 0. The van der Waals surface area contributed by atoms with Crippen molar-refractivity contribution in [2.24, 2.45) is 0 Å². The number of methoxy groups -OCH3 is 1. The third-order valence-electron chi connectivity index (χ3n) is 4.46. The molecule has 3 rings (SSSR count). The first-order valence-electron chi connectivity index (χ1n) is 9.34. The number of rotatable bonds is 7. The SMILES string of the molecule is COc1cccc(NC(=O)C(C)OC(=O)c2ccccc2Cc2ccccc2)c1. The molecule has 1 unspecified atom stereocenters. The molecule has 29 heavy (non-hydrogen) atoms. The molecule has 0 radical (unpaired) electrons. The lowest BCUT2D eigenvalue weighted by Gasteiger charge is -2.15. The van der Waals surface area contributed by atoms with Crippen LogP contribution in [0.25, 0.3) is 0 Å². The fraction of sp³-hybridized carbons (Fsp3) is 0.167. The average Bonchev–Trinajstić information content (AvgIpc) is 2.75. The van der Waals surface area contributed by atoms with E-state index in [1.165, 1.54) is 0 Å². The van der Waals surface area contributed by atoms with Crippen molar-refractivity contribution in [3.63, 3.8) is 0 Å². The Hall–Kier alpha value is -3.60. The van der Waals surface area contributed by atoms with Crippen molar-refractivity contribution in [2.45, 2.75) is 19.4 Å². The zero-order valence-electron chi connectivity index (χ0n) is 16.4. The van der Waals surface area contributed by atoms with Gasteiger partial charge in [0.15, 0.2) is 6.10 Å². The van der Waals surface area contributed by atoms with Gasteiger partial charge < -0.3 is 14.8 Å². The second-order valence-electron chi connectivity index (χ2n) is 6.59. The van der Waals surface area contributed by atoms with Crippen molar-refractivity contribution in [1.82, 2.24) is 0 Å². The second kappa shape index (κ2) is 9.55. The Bertz CT molecular complexity index is 985. The predicted molar refractivity (Wildman–Crippen MR) is 112 cm³/mol. The Balaban J connectivity index is 1.67. The van der Waals surface area contributed by atoms with E-state index in [4.69, 9.17) is 9.47 Å². The van der Waals surface area contributed by atoms with Gasteiger partial charge in [0.05, 0.1) is 12.7 Å². The number of carbonyl (C=O) groups is 2. The van der Waals surface area contributed by atoms with E-state index >= 15 is 0 Å². The zero-order chi connectivity index (χ0) is 20.6. The quantitative estimate of drug-likeness (QED) is 0.606. The highest BCUT2D eigenvalue weighted by Gasteiger charge is 2.21. The number of nitrogens with one attached hydrogen (secondary N) is 1. The second-order valence-corrected chi connectivity index (χ2v) is 6.59. The van der Waals surface area contributed by atoms with E-state index in [1.807, 2.05) is 42.5 Å². The first-order chi connectivity index (χ1) is 14.1. The largest absolute Gasteiger partial charge is 0.497 e. The molecule has 0 saturated heterocycles. The minimum Gasteiger partial charge on any atom is -0.497 e. The molecule has 0 aliphatic carbocycles. The Morgan fingerprint density at radius 1 is 0.931 bits per heavy atom. The molecular weight excluding hydrogens is 366 g/mol. The number of hydrogen-bond acceptors (Lipinski definition) is 4. The smallest absolute Gasteiger partial charge is 0.339 e. The molecule has 1 atom stereocenters. The number of anilines is 1. The molecule has 1 N–H and O–H groups in total. The lowest BCUT2D eigenvalue weighted by molar-refractivity contribution is -0.123. The summed E-state index contributed by atoms with van der Waals surface area (Å²) in [5.74, 6) is -0.306. The van der Waals surface area contributed by atoms with Gasteiger partial charge in [-0.25, -0.2) is 4.79 Å². The van der Waals surface area contributed by atoms with Crippen molar-refractivity contribution in [3.05, 3.63) is 95.6 Å². The number of benzene rings is 3. The maximum atomic E-state index is 12.7. The van der Waals surface area contributed by atoms with Gasteiger partial charge in [0.2, 0.25) is 0 Å². The summed E-state index contributed by atoms with van der Waals surface area (Å²) in [5, 5.41) is 2.73. The summed E-state index contributed by atoms with van der Waals surface area (Å²) in [6, 6.07) is 24.1. The van der Waals surface area contributed by atoms with E-state index < -0.39 is 18.0 Å². The van der Waals surface area contributed by atoms with E-state index in [0.29, 0.717) is 23.4 Å². The molecule has 0 bridgehead atoms. The van der Waals surface area contributed by atoms with Crippen molar-refractivity contribution in [3.8, 4) is 5.75 Å². The highest BCUT2D eigenvalue weighted by Crippen LogP contribution is 2.18. The fourth-order valence-electron chi connectivity index (χ4n) is 2.91. The van der Waals surface area contributed by atoms with E-state index in [9.17, 15) is 9.59 Å². The van der Waals surface area contributed by atoms with Gasteiger partial charge in [-0.2, -0.15) is 0 Å². The standard InChI is InChI=1S/C24H23NO4/c1-17(23(26)25-20-12-8-13-21(16-20)28-2)29-24(27)22-14-7-6-11-19(22)15-18-9-4-3-5-10-18/h3-14,16-17H,15H2,1-2H3,(H,25,26). The van der Waals surface area contributed by atoms with E-state index in [0.717, 1.165) is 11.1 Å². The zero-order valence-corrected chi connectivity index (χ0v) is 16.4. The van der Waals surface area contributed by atoms with Crippen molar-refractivity contribution >= 4 is 17.6 Å². The van der Waals surface area contributed by atoms with Gasteiger partial charge in [0.25, 0.3) is 5.91 Å². The summed E-state index contributed by atoms with van der Waals surface area (Å²) in [7, 11) is 1.55. The summed E-state index contributed by atoms with van der Waals surface area (Å²) in [6.07, 6.45) is -0.338. The van der Waals surface area contributed by atoms with Gasteiger partial charge in [-0.15, -0.1) is 0 Å². The molecule has 5 heteroatoms. The summed E-state index contributed by atoms with van der Waals surface area (Å²) in [6.45, 7) is 1.55. The maximum absolute atomic E-state index is 12.7. The van der Waals surface area contributed by atoms with Gasteiger partial charge in [-0.1, -0.05) is 54.6 Å². The van der Waals surface area contributed by atoms with Crippen molar-refractivity contribution in [1.29, 1.82) is 0 Å². The number of esters is 1. The highest BCUT2D eigenvalue weighted by atomic mass is 16.5. The lowest BCUT2D eigenvalue weighted by atomic mass is 10.00. The van der Waals surface area contributed by atoms with Crippen LogP contribution in [0.1, 0.15) is 28.4 Å². The van der Waals surface area contributed by atoms with Crippen molar-refractivity contribution in [2.75, 3.05) is 12.4 Å². The predicted octanol–water partition coefficient (Wildman–Crippen LogP) is 4.47. The number of ether oxygens (including phenoxy) is 2. The number of carbonyl (C=O) groups excluding carboxylic acids is 2. The molecule has 148 valence electrons. The number of amides is 1. The van der Waals surface area contributed by atoms with Crippen LogP contribution in [0.15, 0.2) is 78.9 Å². The molecule has 0 aliphatic rings. The van der Waals surface area contributed by atoms with Crippen molar-refractivity contribution < 1.29 is 19.1 Å². The van der Waals surface area contributed by atoms with Crippen LogP contribution in [0.5, 0.6) is 5.75 Å². The first-order valence-corrected chi connectivity index (χ1v) is 9.34. The van der Waals surface area contributed by atoms with Gasteiger partial charge in [-0.05, 0) is 42.7 Å². The Labute approximate surface area is 170 Å². The van der Waals surface area contributed by atoms with Crippen LogP contribution in [0, 0.1) is 0 Å². The van der Waals surface area contributed by atoms with Gasteiger partial charge >= 0.3 is 5.97 Å². The summed E-state index contributed by atoms with van der Waals surface area (Å²) in [4.78, 5) is 25.1. The van der Waals surface area contributed by atoms with Crippen LogP contribution in [-0.4, -0.2) is 25.1 Å². The van der Waals surface area contributed by atoms with E-state index in [2.05, 4.69) is 5.32 Å². The Morgan fingerprint density at radius 3 is 2.41 bits per heavy atom. The Kier molecular flexibility index (Phi) is 6.63. The molecule has 0 aromatic heterocycles. The lowest BCUT2D eigenvalue weighted by Crippen LogP contribution is -2.30. The normalized spacial score (nSPS) is 11.4. The van der Waals surface area contributed by atoms with Gasteiger partial charge in [0.1, 0.15) is 5.75 Å². The van der Waals surface area contributed by atoms with Crippen LogP contribution < -0.4 is 10.1 Å². The molecule has 0 heterocycles. The fourth-order valence-corrected chi connectivity index (χ4v) is 2.91. The molecule has 1 amide bonds. The minimum absolute atomic E-state index is 0.410. The van der Waals surface area contributed by atoms with Gasteiger partial charge in [0, 0.05) is 11.8 Å². The average molecular weight is 389 g/mol. The summed E-state index contributed by atoms with van der Waals surface area (Å²) in [5.41, 5.74) is 2.97. The van der Waals surface area contributed by atoms with Crippen LogP contribution in [0.2, 0.25) is 0 Å². The molecule has 5 nitrogen and oxygen atoms in total. The number of hydrogen-bond donors (Lipinski definition) is 1. The molecule has 0 aliphatic heterocycles. The molecule has 3 aromatic carbocycles. The first kappa shape index (κ1) is 20.1. The maximum Gasteiger partial charge on any atom is 0.339 e. The van der Waals surface area contributed by atoms with Crippen LogP contribution in [0.3, 0.4) is 0 Å². The van der Waals surface area contributed by atoms with Crippen LogP contribution >= 0.6 is 0 Å². The van der Waals surface area contributed by atoms with E-state index in [1.54, 1.807) is 50.4 Å². The van der Waals surface area contributed by atoms with E-state index in [-0.39, 0.29) is 0 Å². The third-order valence-corrected chi connectivity index (χ3v) is 4.46. The highest BCUT2D eigenvalue weighted by molar-refractivity contribution is 5.98. The van der Waals surface area contributed by atoms with Crippen LogP contribution in [-0.2, 0) is 16.0 Å². The molecular formula is C24H23NO4. The topological polar surface area (TPSA) is 64.6 Å². The van der Waals surface area contributed by atoms with Crippen LogP contribution in [0.4, 0.5) is 5.69 Å². The van der Waals surface area contributed by atoms with Gasteiger partial charge in [-0.3, -0.25) is 4.79 Å². The molecule has 0 spiro atoms.